The summed E-state index contributed by atoms with van der Waals surface area (Å²) in [6.45, 7) is 11.3. The van der Waals surface area contributed by atoms with E-state index in [2.05, 4.69) is 50.0 Å². The van der Waals surface area contributed by atoms with Crippen LogP contribution in [0.3, 0.4) is 0 Å². The van der Waals surface area contributed by atoms with Crippen LogP contribution in [0.25, 0.3) is 0 Å². The van der Waals surface area contributed by atoms with Crippen LogP contribution >= 0.6 is 11.6 Å². The number of rotatable bonds is 4. The van der Waals surface area contributed by atoms with E-state index in [-0.39, 0.29) is 12.2 Å². The van der Waals surface area contributed by atoms with E-state index >= 15 is 0 Å². The summed E-state index contributed by atoms with van der Waals surface area (Å²) in [7, 11) is 0. The van der Waals surface area contributed by atoms with E-state index in [0.29, 0.717) is 6.04 Å². The second-order valence-electron chi connectivity index (χ2n) is 5.97. The molecule has 0 amide bonds. The van der Waals surface area contributed by atoms with Crippen LogP contribution in [-0.4, -0.2) is 31.3 Å². The number of nitrogens with one attached hydrogen (secondary N) is 1. The highest BCUT2D eigenvalue weighted by atomic mass is 35.5. The standard InChI is InChI=1S/C16H25ClN2O/c1-11(2)18-8-14-7-15(17)5-6-16(14)19-9-12(3)20-13(4)10-19/h5-7,11-13,18H,8-10H2,1-4H3/t12-,13+. The number of halogens is 1. The zero-order valence-corrected chi connectivity index (χ0v) is 13.6. The summed E-state index contributed by atoms with van der Waals surface area (Å²) in [6.07, 6.45) is 0.528. The summed E-state index contributed by atoms with van der Waals surface area (Å²) in [5.41, 5.74) is 2.53. The van der Waals surface area contributed by atoms with Gasteiger partial charge >= 0.3 is 0 Å². The molecule has 0 bridgehead atoms. The van der Waals surface area contributed by atoms with Gasteiger partial charge in [-0.3, -0.25) is 0 Å². The first-order chi connectivity index (χ1) is 9.45. The molecular weight excluding hydrogens is 272 g/mol. The van der Waals surface area contributed by atoms with Gasteiger partial charge in [0, 0.05) is 36.4 Å². The Morgan fingerprint density at radius 1 is 1.30 bits per heavy atom. The van der Waals surface area contributed by atoms with Gasteiger partial charge in [-0.2, -0.15) is 0 Å². The average molecular weight is 297 g/mol. The maximum atomic E-state index is 6.16. The lowest BCUT2D eigenvalue weighted by atomic mass is 10.1. The van der Waals surface area contributed by atoms with Crippen molar-refractivity contribution >= 4 is 17.3 Å². The van der Waals surface area contributed by atoms with E-state index in [1.807, 2.05) is 6.07 Å². The Morgan fingerprint density at radius 2 is 1.95 bits per heavy atom. The van der Waals surface area contributed by atoms with Crippen LogP contribution in [0.4, 0.5) is 5.69 Å². The van der Waals surface area contributed by atoms with Crippen molar-refractivity contribution in [3.8, 4) is 0 Å². The molecule has 1 aromatic carbocycles. The van der Waals surface area contributed by atoms with E-state index < -0.39 is 0 Å². The van der Waals surface area contributed by atoms with Crippen LogP contribution in [0.1, 0.15) is 33.3 Å². The van der Waals surface area contributed by atoms with E-state index in [1.165, 1.54) is 11.3 Å². The molecule has 0 saturated carbocycles. The molecule has 1 aliphatic heterocycles. The Bertz CT molecular complexity index is 440. The molecule has 1 aromatic rings. The van der Waals surface area contributed by atoms with Crippen LogP contribution in [0.15, 0.2) is 18.2 Å². The summed E-state index contributed by atoms with van der Waals surface area (Å²) in [6, 6.07) is 6.63. The third-order valence-corrected chi connectivity index (χ3v) is 3.74. The van der Waals surface area contributed by atoms with E-state index in [9.17, 15) is 0 Å². The number of anilines is 1. The van der Waals surface area contributed by atoms with Crippen molar-refractivity contribution in [2.24, 2.45) is 0 Å². The van der Waals surface area contributed by atoms with Crippen molar-refractivity contribution < 1.29 is 4.74 Å². The van der Waals surface area contributed by atoms with Crippen molar-refractivity contribution in [1.29, 1.82) is 0 Å². The largest absolute Gasteiger partial charge is 0.372 e. The molecule has 0 spiro atoms. The summed E-state index contributed by atoms with van der Waals surface area (Å²) in [4.78, 5) is 2.41. The molecule has 4 heteroatoms. The van der Waals surface area contributed by atoms with Gasteiger partial charge in [-0.1, -0.05) is 25.4 Å². The fourth-order valence-corrected chi connectivity index (χ4v) is 2.89. The van der Waals surface area contributed by atoms with E-state index in [1.54, 1.807) is 0 Å². The highest BCUT2D eigenvalue weighted by Crippen LogP contribution is 2.27. The van der Waals surface area contributed by atoms with E-state index in [0.717, 1.165) is 24.7 Å². The molecule has 1 heterocycles. The minimum Gasteiger partial charge on any atom is -0.372 e. The fourth-order valence-electron chi connectivity index (χ4n) is 2.69. The molecule has 0 radical (unpaired) electrons. The quantitative estimate of drug-likeness (QED) is 0.921. The molecule has 0 unspecified atom stereocenters. The van der Waals surface area contributed by atoms with Gasteiger partial charge in [0.1, 0.15) is 0 Å². The number of hydrogen-bond donors (Lipinski definition) is 1. The molecule has 112 valence electrons. The van der Waals surface area contributed by atoms with Crippen molar-refractivity contribution in [2.75, 3.05) is 18.0 Å². The first-order valence-corrected chi connectivity index (χ1v) is 7.75. The molecule has 3 nitrogen and oxygen atoms in total. The molecule has 20 heavy (non-hydrogen) atoms. The molecule has 2 rings (SSSR count). The summed E-state index contributed by atoms with van der Waals surface area (Å²) in [5, 5.41) is 4.27. The lowest BCUT2D eigenvalue weighted by Gasteiger charge is -2.38. The van der Waals surface area contributed by atoms with Crippen molar-refractivity contribution in [3.05, 3.63) is 28.8 Å². The minimum atomic E-state index is 0.264. The van der Waals surface area contributed by atoms with Crippen molar-refractivity contribution in [3.63, 3.8) is 0 Å². The van der Waals surface area contributed by atoms with Crippen LogP contribution in [-0.2, 0) is 11.3 Å². The maximum Gasteiger partial charge on any atom is 0.0726 e. The molecule has 1 saturated heterocycles. The number of benzene rings is 1. The Hall–Kier alpha value is -0.770. The van der Waals surface area contributed by atoms with Crippen molar-refractivity contribution in [2.45, 2.75) is 52.5 Å². The van der Waals surface area contributed by atoms with Crippen molar-refractivity contribution in [1.82, 2.24) is 5.32 Å². The third kappa shape index (κ3) is 4.11. The zero-order chi connectivity index (χ0) is 14.7. The predicted molar refractivity (Wildman–Crippen MR) is 85.6 cm³/mol. The Morgan fingerprint density at radius 3 is 2.55 bits per heavy atom. The Balaban J connectivity index is 2.21. The summed E-state index contributed by atoms with van der Waals surface area (Å²) >= 11 is 6.16. The molecule has 1 aliphatic rings. The van der Waals surface area contributed by atoms with Gasteiger partial charge in [0.15, 0.2) is 0 Å². The van der Waals surface area contributed by atoms with Gasteiger partial charge in [0.25, 0.3) is 0 Å². The minimum absolute atomic E-state index is 0.264. The molecular formula is C16H25ClN2O. The maximum absolute atomic E-state index is 6.16. The van der Waals surface area contributed by atoms with E-state index in [4.69, 9.17) is 16.3 Å². The Kier molecular flexibility index (Phi) is 5.30. The first-order valence-electron chi connectivity index (χ1n) is 7.38. The smallest absolute Gasteiger partial charge is 0.0726 e. The van der Waals surface area contributed by atoms with Gasteiger partial charge in [-0.05, 0) is 37.6 Å². The van der Waals surface area contributed by atoms with Gasteiger partial charge in [-0.15, -0.1) is 0 Å². The SMILES string of the molecule is CC(C)NCc1cc(Cl)ccc1N1C[C@@H](C)O[C@@H](C)C1. The summed E-state index contributed by atoms with van der Waals surface area (Å²) in [5.74, 6) is 0. The normalized spacial score (nSPS) is 23.4. The van der Waals surface area contributed by atoms with Gasteiger partial charge in [-0.25, -0.2) is 0 Å². The van der Waals surface area contributed by atoms with Crippen LogP contribution in [0, 0.1) is 0 Å². The topological polar surface area (TPSA) is 24.5 Å². The predicted octanol–water partition coefficient (Wildman–Crippen LogP) is 3.45. The highest BCUT2D eigenvalue weighted by molar-refractivity contribution is 6.30. The molecule has 0 aromatic heterocycles. The molecule has 1 fully saturated rings. The van der Waals surface area contributed by atoms with Gasteiger partial charge in [0.05, 0.1) is 12.2 Å². The molecule has 1 N–H and O–H groups in total. The fraction of sp³-hybridized carbons (Fsp3) is 0.625. The number of nitrogens with zero attached hydrogens (tertiary/aromatic N) is 1. The average Bonchev–Trinajstić information content (AvgIpc) is 2.35. The first kappa shape index (κ1) is 15.6. The third-order valence-electron chi connectivity index (χ3n) is 3.50. The Labute approximate surface area is 127 Å². The molecule has 2 atom stereocenters. The van der Waals surface area contributed by atoms with Crippen LogP contribution in [0.5, 0.6) is 0 Å². The monoisotopic (exact) mass is 296 g/mol. The lowest BCUT2D eigenvalue weighted by molar-refractivity contribution is -0.00526. The second kappa shape index (κ2) is 6.79. The lowest BCUT2D eigenvalue weighted by Crippen LogP contribution is -2.46. The second-order valence-corrected chi connectivity index (χ2v) is 6.41. The van der Waals surface area contributed by atoms with Crippen LogP contribution in [0.2, 0.25) is 5.02 Å². The van der Waals surface area contributed by atoms with Gasteiger partial charge in [0.2, 0.25) is 0 Å². The zero-order valence-electron chi connectivity index (χ0n) is 12.8. The summed E-state index contributed by atoms with van der Waals surface area (Å²) < 4.78 is 5.82. The van der Waals surface area contributed by atoms with Crippen LogP contribution < -0.4 is 10.2 Å². The number of ether oxygens (including phenoxy) is 1. The number of morpholine rings is 1. The van der Waals surface area contributed by atoms with Gasteiger partial charge < -0.3 is 15.0 Å². The highest BCUT2D eigenvalue weighted by Gasteiger charge is 2.23. The number of hydrogen-bond acceptors (Lipinski definition) is 3. The molecule has 0 aliphatic carbocycles.